The molecule has 0 bridgehead atoms. The van der Waals surface area contributed by atoms with Crippen molar-refractivity contribution in [1.29, 1.82) is 0 Å². The lowest BCUT2D eigenvalue weighted by Gasteiger charge is -2.34. The van der Waals surface area contributed by atoms with Gasteiger partial charge in [0.1, 0.15) is 0 Å². The number of halogens is 1. The van der Waals surface area contributed by atoms with Gasteiger partial charge in [0.2, 0.25) is 10.0 Å². The lowest BCUT2D eigenvalue weighted by atomic mass is 10.0. The normalized spacial score (nSPS) is 17.9. The SMILES string of the molecule is CCCCNC(=O)C(=O)NCCC1CCCCN1S(=O)(=O)c1ccc(Cl)cc1. The van der Waals surface area contributed by atoms with Crippen LogP contribution in [0.3, 0.4) is 0 Å². The zero-order chi connectivity index (χ0) is 20.6. The molecule has 0 saturated carbocycles. The molecule has 1 aliphatic heterocycles. The highest BCUT2D eigenvalue weighted by Crippen LogP contribution is 2.27. The Labute approximate surface area is 171 Å². The topological polar surface area (TPSA) is 95.6 Å². The Hall–Kier alpha value is -1.64. The van der Waals surface area contributed by atoms with E-state index in [4.69, 9.17) is 11.6 Å². The summed E-state index contributed by atoms with van der Waals surface area (Å²) in [5.41, 5.74) is 0. The number of nitrogens with zero attached hydrogens (tertiary/aromatic N) is 1. The molecule has 0 spiro atoms. The number of hydrogen-bond acceptors (Lipinski definition) is 4. The zero-order valence-electron chi connectivity index (χ0n) is 16.1. The van der Waals surface area contributed by atoms with Gasteiger partial charge < -0.3 is 10.6 Å². The molecule has 9 heteroatoms. The number of sulfonamides is 1. The van der Waals surface area contributed by atoms with E-state index in [1.54, 1.807) is 12.1 Å². The van der Waals surface area contributed by atoms with Crippen LogP contribution in [0.15, 0.2) is 29.2 Å². The molecule has 1 aliphatic rings. The third-order valence-corrected chi connectivity index (χ3v) is 7.00. The van der Waals surface area contributed by atoms with Crippen LogP contribution >= 0.6 is 11.6 Å². The summed E-state index contributed by atoms with van der Waals surface area (Å²) >= 11 is 5.86. The van der Waals surface area contributed by atoms with Crippen LogP contribution in [-0.4, -0.2) is 50.2 Å². The third kappa shape index (κ3) is 6.18. The highest BCUT2D eigenvalue weighted by molar-refractivity contribution is 7.89. The number of carbonyl (C=O) groups is 2. The smallest absolute Gasteiger partial charge is 0.309 e. The van der Waals surface area contributed by atoms with E-state index in [9.17, 15) is 18.0 Å². The van der Waals surface area contributed by atoms with E-state index in [1.165, 1.54) is 16.4 Å². The minimum absolute atomic E-state index is 0.210. The van der Waals surface area contributed by atoms with Crippen molar-refractivity contribution in [3.8, 4) is 0 Å². The first-order valence-electron chi connectivity index (χ1n) is 9.69. The van der Waals surface area contributed by atoms with Crippen molar-refractivity contribution in [1.82, 2.24) is 14.9 Å². The van der Waals surface area contributed by atoms with Gasteiger partial charge in [-0.3, -0.25) is 9.59 Å². The molecule has 0 aliphatic carbocycles. The molecule has 2 N–H and O–H groups in total. The highest BCUT2D eigenvalue weighted by atomic mass is 35.5. The fourth-order valence-electron chi connectivity index (χ4n) is 3.21. The molecular weight excluding hydrogens is 402 g/mol. The van der Waals surface area contributed by atoms with E-state index in [0.717, 1.165) is 32.1 Å². The van der Waals surface area contributed by atoms with Crippen molar-refractivity contribution in [2.24, 2.45) is 0 Å². The standard InChI is InChI=1S/C19H28ClN3O4S/c1-2-3-12-21-18(24)19(25)22-13-11-16-6-4-5-14-23(16)28(26,27)17-9-7-15(20)8-10-17/h7-10,16H,2-6,11-14H2,1H3,(H,21,24)(H,22,25). The first-order chi connectivity index (χ1) is 13.4. The minimum Gasteiger partial charge on any atom is -0.348 e. The first kappa shape index (κ1) is 22.6. The van der Waals surface area contributed by atoms with Gasteiger partial charge in [-0.25, -0.2) is 8.42 Å². The molecular formula is C19H28ClN3O4S. The van der Waals surface area contributed by atoms with Crippen molar-refractivity contribution in [2.75, 3.05) is 19.6 Å². The molecule has 1 aromatic rings. The molecule has 1 fully saturated rings. The van der Waals surface area contributed by atoms with Crippen LogP contribution in [0.1, 0.15) is 45.4 Å². The molecule has 1 heterocycles. The Morgan fingerprint density at radius 1 is 1.11 bits per heavy atom. The molecule has 2 rings (SSSR count). The van der Waals surface area contributed by atoms with Crippen molar-refractivity contribution in [3.63, 3.8) is 0 Å². The van der Waals surface area contributed by atoms with E-state index < -0.39 is 21.8 Å². The molecule has 1 unspecified atom stereocenters. The van der Waals surface area contributed by atoms with Crippen LogP contribution < -0.4 is 10.6 Å². The van der Waals surface area contributed by atoms with Gasteiger partial charge in [-0.05, 0) is 49.9 Å². The summed E-state index contributed by atoms with van der Waals surface area (Å²) in [5, 5.41) is 5.63. The predicted molar refractivity (Wildman–Crippen MR) is 109 cm³/mol. The molecule has 7 nitrogen and oxygen atoms in total. The van der Waals surface area contributed by atoms with Gasteiger partial charge in [0.05, 0.1) is 4.90 Å². The van der Waals surface area contributed by atoms with Gasteiger partial charge in [0.15, 0.2) is 0 Å². The average Bonchev–Trinajstić information content (AvgIpc) is 2.68. The largest absolute Gasteiger partial charge is 0.348 e. The lowest BCUT2D eigenvalue weighted by molar-refractivity contribution is -0.139. The molecule has 0 aromatic heterocycles. The summed E-state index contributed by atoms with van der Waals surface area (Å²) in [6, 6.07) is 5.92. The third-order valence-electron chi connectivity index (χ3n) is 4.78. The Kier molecular flexibility index (Phi) is 8.72. The van der Waals surface area contributed by atoms with E-state index in [2.05, 4.69) is 10.6 Å². The van der Waals surface area contributed by atoms with Crippen LogP contribution in [-0.2, 0) is 19.6 Å². The van der Waals surface area contributed by atoms with Gasteiger partial charge >= 0.3 is 11.8 Å². The van der Waals surface area contributed by atoms with Crippen LogP contribution in [0.4, 0.5) is 0 Å². The average molecular weight is 430 g/mol. The highest BCUT2D eigenvalue weighted by Gasteiger charge is 2.33. The molecule has 156 valence electrons. The van der Waals surface area contributed by atoms with Crippen LogP contribution in [0.2, 0.25) is 5.02 Å². The maximum atomic E-state index is 13.0. The fraction of sp³-hybridized carbons (Fsp3) is 0.579. The van der Waals surface area contributed by atoms with Gasteiger partial charge in [0, 0.05) is 30.7 Å². The predicted octanol–water partition coefficient (Wildman–Crippen LogP) is 2.31. The van der Waals surface area contributed by atoms with Crippen LogP contribution in [0.25, 0.3) is 0 Å². The number of hydrogen-bond donors (Lipinski definition) is 2. The molecule has 0 radical (unpaired) electrons. The molecule has 2 amide bonds. The van der Waals surface area contributed by atoms with Gasteiger partial charge in [-0.15, -0.1) is 0 Å². The Morgan fingerprint density at radius 3 is 2.39 bits per heavy atom. The minimum atomic E-state index is -3.63. The van der Waals surface area contributed by atoms with Crippen molar-refractivity contribution < 1.29 is 18.0 Å². The van der Waals surface area contributed by atoms with E-state index in [1.807, 2.05) is 6.92 Å². The van der Waals surface area contributed by atoms with Gasteiger partial charge in [0.25, 0.3) is 0 Å². The summed E-state index contributed by atoms with van der Waals surface area (Å²) in [4.78, 5) is 23.8. The first-order valence-corrected chi connectivity index (χ1v) is 11.5. The van der Waals surface area contributed by atoms with Crippen molar-refractivity contribution in [3.05, 3.63) is 29.3 Å². The number of amides is 2. The summed E-state index contributed by atoms with van der Waals surface area (Å²) in [6.07, 6.45) is 4.67. The van der Waals surface area contributed by atoms with Gasteiger partial charge in [-0.2, -0.15) is 4.31 Å². The van der Waals surface area contributed by atoms with Crippen LogP contribution in [0, 0.1) is 0 Å². The number of unbranched alkanes of at least 4 members (excludes halogenated alkanes) is 1. The second-order valence-corrected chi connectivity index (χ2v) is 9.20. The van der Waals surface area contributed by atoms with Gasteiger partial charge in [-0.1, -0.05) is 31.4 Å². The lowest BCUT2D eigenvalue weighted by Crippen LogP contribution is -2.46. The molecule has 1 aromatic carbocycles. The van der Waals surface area contributed by atoms with Crippen LogP contribution in [0.5, 0.6) is 0 Å². The van der Waals surface area contributed by atoms with Crippen molar-refractivity contribution in [2.45, 2.75) is 56.4 Å². The fourth-order valence-corrected chi connectivity index (χ4v) is 5.06. The number of carbonyl (C=O) groups excluding carboxylic acids is 2. The molecule has 28 heavy (non-hydrogen) atoms. The maximum absolute atomic E-state index is 13.0. The molecule has 1 saturated heterocycles. The Balaban J connectivity index is 1.93. The zero-order valence-corrected chi connectivity index (χ0v) is 17.7. The molecule has 1 atom stereocenters. The summed E-state index contributed by atoms with van der Waals surface area (Å²) in [6.45, 7) is 3.16. The maximum Gasteiger partial charge on any atom is 0.309 e. The monoisotopic (exact) mass is 429 g/mol. The Morgan fingerprint density at radius 2 is 1.75 bits per heavy atom. The second-order valence-electron chi connectivity index (χ2n) is 6.87. The summed E-state index contributed by atoms with van der Waals surface area (Å²) in [5.74, 6) is -1.33. The van der Waals surface area contributed by atoms with E-state index in [-0.39, 0.29) is 17.5 Å². The second kappa shape index (κ2) is 10.8. The number of piperidine rings is 1. The number of nitrogens with one attached hydrogen (secondary N) is 2. The van der Waals surface area contributed by atoms with E-state index >= 15 is 0 Å². The van der Waals surface area contributed by atoms with E-state index in [0.29, 0.717) is 24.5 Å². The number of benzene rings is 1. The van der Waals surface area contributed by atoms with Crippen molar-refractivity contribution >= 4 is 33.4 Å². The summed E-state index contributed by atoms with van der Waals surface area (Å²) in [7, 11) is -3.63. The summed E-state index contributed by atoms with van der Waals surface area (Å²) < 4.78 is 27.5. The quantitative estimate of drug-likeness (QED) is 0.489. The number of rotatable bonds is 8. The Bertz CT molecular complexity index is 768.